The van der Waals surface area contributed by atoms with Gasteiger partial charge in [0.1, 0.15) is 5.60 Å². The van der Waals surface area contributed by atoms with Crippen LogP contribution in [0.15, 0.2) is 54.6 Å². The van der Waals surface area contributed by atoms with Gasteiger partial charge in [-0.2, -0.15) is 0 Å². The molecule has 2 rings (SSSR count). The summed E-state index contributed by atoms with van der Waals surface area (Å²) in [5, 5.41) is 0. The van der Waals surface area contributed by atoms with Crippen LogP contribution in [-0.4, -0.2) is 12.7 Å². The standard InChI is InChI=1S/C15H18O/c1-3-15(16-2)11-9-14(10-12-15)13-7-5-4-6-8-13/h4-12,14H,3H2,1-2H3. The van der Waals surface area contributed by atoms with E-state index in [1.54, 1.807) is 7.11 Å². The third-order valence-electron chi connectivity index (χ3n) is 3.29. The van der Waals surface area contributed by atoms with Gasteiger partial charge in [-0.15, -0.1) is 0 Å². The average molecular weight is 214 g/mol. The van der Waals surface area contributed by atoms with Crippen molar-refractivity contribution in [1.29, 1.82) is 0 Å². The van der Waals surface area contributed by atoms with Crippen molar-refractivity contribution >= 4 is 0 Å². The van der Waals surface area contributed by atoms with Gasteiger partial charge in [-0.25, -0.2) is 0 Å². The molecule has 0 amide bonds. The smallest absolute Gasteiger partial charge is 0.104 e. The van der Waals surface area contributed by atoms with Gasteiger partial charge in [0, 0.05) is 13.0 Å². The zero-order valence-corrected chi connectivity index (χ0v) is 9.89. The Kier molecular flexibility index (Phi) is 3.25. The highest BCUT2D eigenvalue weighted by atomic mass is 16.5. The molecule has 1 aromatic carbocycles. The van der Waals surface area contributed by atoms with Gasteiger partial charge in [0.15, 0.2) is 0 Å². The van der Waals surface area contributed by atoms with Gasteiger partial charge in [-0.3, -0.25) is 0 Å². The predicted octanol–water partition coefficient (Wildman–Crippen LogP) is 3.69. The zero-order chi connectivity index (χ0) is 11.4. The van der Waals surface area contributed by atoms with Crippen molar-refractivity contribution in [1.82, 2.24) is 0 Å². The first kappa shape index (κ1) is 11.2. The Morgan fingerprint density at radius 2 is 1.75 bits per heavy atom. The molecule has 0 spiro atoms. The summed E-state index contributed by atoms with van der Waals surface area (Å²) in [4.78, 5) is 0. The Morgan fingerprint density at radius 1 is 1.12 bits per heavy atom. The lowest BCUT2D eigenvalue weighted by molar-refractivity contribution is 0.0693. The van der Waals surface area contributed by atoms with Crippen LogP contribution in [0.3, 0.4) is 0 Å². The van der Waals surface area contributed by atoms with Crippen LogP contribution >= 0.6 is 0 Å². The van der Waals surface area contributed by atoms with Crippen molar-refractivity contribution in [3.63, 3.8) is 0 Å². The maximum atomic E-state index is 5.54. The number of ether oxygens (including phenoxy) is 1. The summed E-state index contributed by atoms with van der Waals surface area (Å²) in [5.74, 6) is 0.385. The van der Waals surface area contributed by atoms with Gasteiger partial charge in [0.25, 0.3) is 0 Å². The molecule has 84 valence electrons. The quantitative estimate of drug-likeness (QED) is 0.697. The van der Waals surface area contributed by atoms with Crippen LogP contribution in [0.2, 0.25) is 0 Å². The van der Waals surface area contributed by atoms with Gasteiger partial charge in [-0.1, -0.05) is 61.6 Å². The van der Waals surface area contributed by atoms with E-state index in [1.165, 1.54) is 5.56 Å². The molecule has 0 saturated carbocycles. The fourth-order valence-electron chi connectivity index (χ4n) is 2.07. The molecule has 0 fully saturated rings. The zero-order valence-electron chi connectivity index (χ0n) is 9.89. The Hall–Kier alpha value is -1.34. The number of hydrogen-bond donors (Lipinski definition) is 0. The fraction of sp³-hybridized carbons (Fsp3) is 0.333. The first-order valence-electron chi connectivity index (χ1n) is 5.78. The van der Waals surface area contributed by atoms with Gasteiger partial charge < -0.3 is 4.74 Å². The van der Waals surface area contributed by atoms with E-state index >= 15 is 0 Å². The molecule has 0 radical (unpaired) electrons. The van der Waals surface area contributed by atoms with Crippen molar-refractivity contribution in [2.75, 3.05) is 7.11 Å². The number of hydrogen-bond acceptors (Lipinski definition) is 1. The lowest BCUT2D eigenvalue weighted by atomic mass is 9.87. The molecule has 0 unspecified atom stereocenters. The predicted molar refractivity (Wildman–Crippen MR) is 67.5 cm³/mol. The van der Waals surface area contributed by atoms with Gasteiger partial charge >= 0.3 is 0 Å². The molecule has 0 atom stereocenters. The molecule has 0 saturated heterocycles. The second-order valence-electron chi connectivity index (χ2n) is 4.17. The van der Waals surface area contributed by atoms with E-state index in [-0.39, 0.29) is 5.60 Å². The minimum Gasteiger partial charge on any atom is -0.370 e. The van der Waals surface area contributed by atoms with Crippen LogP contribution in [0.5, 0.6) is 0 Å². The van der Waals surface area contributed by atoms with E-state index in [0.717, 1.165) is 6.42 Å². The summed E-state index contributed by atoms with van der Waals surface area (Å²) in [6.45, 7) is 2.14. The van der Waals surface area contributed by atoms with Crippen LogP contribution in [0.1, 0.15) is 24.8 Å². The first-order valence-corrected chi connectivity index (χ1v) is 5.78. The van der Waals surface area contributed by atoms with E-state index in [4.69, 9.17) is 4.74 Å². The monoisotopic (exact) mass is 214 g/mol. The van der Waals surface area contributed by atoms with Crippen LogP contribution in [0.25, 0.3) is 0 Å². The minimum atomic E-state index is -0.189. The molecule has 1 aromatic rings. The molecule has 0 heterocycles. The van der Waals surface area contributed by atoms with Gasteiger partial charge in [-0.05, 0) is 12.0 Å². The summed E-state index contributed by atoms with van der Waals surface area (Å²) < 4.78 is 5.54. The van der Waals surface area contributed by atoms with Gasteiger partial charge in [0.2, 0.25) is 0 Å². The summed E-state index contributed by atoms with van der Waals surface area (Å²) in [5.41, 5.74) is 1.14. The van der Waals surface area contributed by atoms with E-state index in [1.807, 2.05) is 6.07 Å². The highest BCUT2D eigenvalue weighted by Gasteiger charge is 2.24. The number of allylic oxidation sites excluding steroid dienone is 2. The van der Waals surface area contributed by atoms with Crippen LogP contribution in [-0.2, 0) is 4.74 Å². The Labute approximate surface area is 97.4 Å². The maximum absolute atomic E-state index is 5.54. The minimum absolute atomic E-state index is 0.189. The average Bonchev–Trinajstić information content (AvgIpc) is 2.40. The van der Waals surface area contributed by atoms with Crippen molar-refractivity contribution in [3.8, 4) is 0 Å². The topological polar surface area (TPSA) is 9.23 Å². The van der Waals surface area contributed by atoms with Crippen LogP contribution in [0, 0.1) is 0 Å². The number of methoxy groups -OCH3 is 1. The lowest BCUT2D eigenvalue weighted by Crippen LogP contribution is -2.27. The van der Waals surface area contributed by atoms with E-state index in [9.17, 15) is 0 Å². The van der Waals surface area contributed by atoms with Crippen molar-refractivity contribution < 1.29 is 4.74 Å². The molecule has 0 aliphatic heterocycles. The van der Waals surface area contributed by atoms with Crippen molar-refractivity contribution in [2.24, 2.45) is 0 Å². The highest BCUT2D eigenvalue weighted by molar-refractivity contribution is 5.35. The second-order valence-corrected chi connectivity index (χ2v) is 4.17. The maximum Gasteiger partial charge on any atom is 0.104 e. The Balaban J connectivity index is 2.18. The molecular weight excluding hydrogens is 196 g/mol. The number of benzene rings is 1. The third-order valence-corrected chi connectivity index (χ3v) is 3.29. The van der Waals surface area contributed by atoms with Crippen molar-refractivity contribution in [3.05, 3.63) is 60.2 Å². The Morgan fingerprint density at radius 3 is 2.25 bits per heavy atom. The van der Waals surface area contributed by atoms with Crippen LogP contribution < -0.4 is 0 Å². The Bertz CT molecular complexity index is 369. The lowest BCUT2D eigenvalue weighted by Gasteiger charge is -2.28. The number of rotatable bonds is 3. The van der Waals surface area contributed by atoms with E-state index in [2.05, 4.69) is 55.5 Å². The second kappa shape index (κ2) is 4.67. The molecular formula is C15H18O. The summed E-state index contributed by atoms with van der Waals surface area (Å²) in [6.07, 6.45) is 9.76. The van der Waals surface area contributed by atoms with Gasteiger partial charge in [0.05, 0.1) is 0 Å². The molecule has 1 aliphatic rings. The van der Waals surface area contributed by atoms with E-state index < -0.39 is 0 Å². The SMILES string of the molecule is CCC1(OC)C=CC(c2ccccc2)C=C1. The highest BCUT2D eigenvalue weighted by Crippen LogP contribution is 2.29. The summed E-state index contributed by atoms with van der Waals surface area (Å²) in [6, 6.07) is 10.5. The third kappa shape index (κ3) is 2.10. The van der Waals surface area contributed by atoms with Crippen molar-refractivity contribution in [2.45, 2.75) is 24.9 Å². The van der Waals surface area contributed by atoms with Crippen LogP contribution in [0.4, 0.5) is 0 Å². The van der Waals surface area contributed by atoms with E-state index in [0.29, 0.717) is 5.92 Å². The molecule has 16 heavy (non-hydrogen) atoms. The molecule has 0 N–H and O–H groups in total. The fourth-order valence-corrected chi connectivity index (χ4v) is 2.07. The molecule has 1 heteroatoms. The summed E-state index contributed by atoms with van der Waals surface area (Å²) in [7, 11) is 1.76. The molecule has 1 aliphatic carbocycles. The molecule has 1 nitrogen and oxygen atoms in total. The normalized spacial score (nSPS) is 28.2. The molecule has 0 bridgehead atoms. The first-order chi connectivity index (χ1) is 7.79. The molecule has 0 aromatic heterocycles. The largest absolute Gasteiger partial charge is 0.370 e. The summed E-state index contributed by atoms with van der Waals surface area (Å²) >= 11 is 0.